The molecule has 0 saturated carbocycles. The van der Waals surface area contributed by atoms with Crippen LogP contribution in [-0.4, -0.2) is 66.4 Å². The summed E-state index contributed by atoms with van der Waals surface area (Å²) in [6.07, 6.45) is 2.70. The number of likely N-dealkylation sites (tertiary alicyclic amines) is 1. The average molecular weight is 327 g/mol. The fourth-order valence-electron chi connectivity index (χ4n) is 3.23. The van der Waals surface area contributed by atoms with Gasteiger partial charge in [0.2, 0.25) is 11.8 Å². The van der Waals surface area contributed by atoms with Crippen molar-refractivity contribution in [3.05, 3.63) is 23.9 Å². The molecule has 7 nitrogen and oxygen atoms in total. The van der Waals surface area contributed by atoms with Crippen LogP contribution in [0.2, 0.25) is 0 Å². The van der Waals surface area contributed by atoms with Crippen LogP contribution in [0.1, 0.15) is 18.4 Å². The molecule has 0 N–H and O–H groups in total. The number of nitriles is 1. The van der Waals surface area contributed by atoms with E-state index in [9.17, 15) is 9.59 Å². The Morgan fingerprint density at radius 3 is 2.71 bits per heavy atom. The summed E-state index contributed by atoms with van der Waals surface area (Å²) in [5.74, 6) is 0.737. The Hall–Kier alpha value is -2.62. The molecule has 0 aliphatic carbocycles. The van der Waals surface area contributed by atoms with Gasteiger partial charge in [-0.3, -0.25) is 9.59 Å². The fourth-order valence-corrected chi connectivity index (χ4v) is 3.23. The number of hydrogen-bond acceptors (Lipinski definition) is 5. The Morgan fingerprint density at radius 2 is 2.04 bits per heavy atom. The van der Waals surface area contributed by atoms with Crippen molar-refractivity contribution in [2.45, 2.75) is 12.8 Å². The van der Waals surface area contributed by atoms with Crippen molar-refractivity contribution in [2.24, 2.45) is 5.92 Å². The molecule has 2 aliphatic heterocycles. The first-order valence-corrected chi connectivity index (χ1v) is 8.22. The van der Waals surface area contributed by atoms with Crippen molar-refractivity contribution in [3.8, 4) is 6.07 Å². The lowest BCUT2D eigenvalue weighted by atomic mass is 9.94. The second-order valence-corrected chi connectivity index (χ2v) is 6.33. The molecule has 1 unspecified atom stereocenters. The van der Waals surface area contributed by atoms with E-state index in [2.05, 4.69) is 16.0 Å². The van der Waals surface area contributed by atoms with Gasteiger partial charge in [-0.2, -0.15) is 5.26 Å². The Labute approximate surface area is 141 Å². The maximum atomic E-state index is 12.6. The number of piperazine rings is 1. The van der Waals surface area contributed by atoms with Gasteiger partial charge in [0.25, 0.3) is 0 Å². The van der Waals surface area contributed by atoms with Gasteiger partial charge >= 0.3 is 0 Å². The Morgan fingerprint density at radius 1 is 1.29 bits per heavy atom. The molecular weight excluding hydrogens is 306 g/mol. The van der Waals surface area contributed by atoms with Crippen molar-refractivity contribution >= 4 is 17.6 Å². The summed E-state index contributed by atoms with van der Waals surface area (Å²) in [6, 6.07) is 5.57. The van der Waals surface area contributed by atoms with Gasteiger partial charge in [0.1, 0.15) is 5.82 Å². The molecule has 7 heteroatoms. The minimum absolute atomic E-state index is 0.0516. The molecule has 0 aromatic carbocycles. The molecule has 2 fully saturated rings. The molecule has 3 heterocycles. The molecule has 0 spiro atoms. The lowest BCUT2D eigenvalue weighted by Crippen LogP contribution is -2.52. The van der Waals surface area contributed by atoms with Gasteiger partial charge < -0.3 is 14.7 Å². The van der Waals surface area contributed by atoms with Crippen LogP contribution in [0.15, 0.2) is 18.3 Å². The number of nitrogens with zero attached hydrogens (tertiary/aromatic N) is 5. The van der Waals surface area contributed by atoms with E-state index in [0.29, 0.717) is 44.7 Å². The average Bonchev–Trinajstić information content (AvgIpc) is 2.63. The van der Waals surface area contributed by atoms with E-state index < -0.39 is 0 Å². The summed E-state index contributed by atoms with van der Waals surface area (Å²) in [5, 5.41) is 8.98. The van der Waals surface area contributed by atoms with E-state index >= 15 is 0 Å². The summed E-state index contributed by atoms with van der Waals surface area (Å²) in [4.78, 5) is 34.4. The molecule has 1 aromatic heterocycles. The molecule has 2 saturated heterocycles. The van der Waals surface area contributed by atoms with Gasteiger partial charge in [-0.05, 0) is 18.6 Å². The molecule has 126 valence electrons. The van der Waals surface area contributed by atoms with Gasteiger partial charge in [0, 0.05) is 58.3 Å². The minimum atomic E-state index is -0.180. The monoisotopic (exact) mass is 327 g/mol. The Balaban J connectivity index is 1.57. The van der Waals surface area contributed by atoms with Crippen molar-refractivity contribution in [1.82, 2.24) is 14.8 Å². The van der Waals surface area contributed by atoms with Crippen LogP contribution in [0.4, 0.5) is 5.82 Å². The molecule has 3 rings (SSSR count). The maximum Gasteiger partial charge on any atom is 0.226 e. The number of carbonyl (C=O) groups excluding carboxylic acids is 2. The smallest absolute Gasteiger partial charge is 0.226 e. The van der Waals surface area contributed by atoms with Crippen LogP contribution in [0.3, 0.4) is 0 Å². The van der Waals surface area contributed by atoms with E-state index in [4.69, 9.17) is 5.26 Å². The zero-order chi connectivity index (χ0) is 17.1. The quantitative estimate of drug-likeness (QED) is 0.789. The molecule has 1 atom stereocenters. The molecule has 0 radical (unpaired) electrons. The highest BCUT2D eigenvalue weighted by Gasteiger charge is 2.33. The van der Waals surface area contributed by atoms with Gasteiger partial charge in [-0.1, -0.05) is 0 Å². The number of amides is 2. The molecule has 2 amide bonds. The molecule has 0 bridgehead atoms. The highest BCUT2D eigenvalue weighted by atomic mass is 16.2. The first-order valence-electron chi connectivity index (χ1n) is 8.22. The first-order chi connectivity index (χ1) is 11.6. The number of piperidine rings is 1. The molecule has 1 aromatic rings. The third-order valence-corrected chi connectivity index (χ3v) is 4.80. The number of pyridine rings is 1. The van der Waals surface area contributed by atoms with Crippen molar-refractivity contribution < 1.29 is 9.59 Å². The lowest BCUT2D eigenvalue weighted by Gasteiger charge is -2.38. The summed E-state index contributed by atoms with van der Waals surface area (Å²) in [7, 11) is 1.78. The predicted octanol–water partition coefficient (Wildman–Crippen LogP) is 0.470. The van der Waals surface area contributed by atoms with Crippen LogP contribution in [0.25, 0.3) is 0 Å². The topological polar surface area (TPSA) is 80.5 Å². The first kappa shape index (κ1) is 16.2. The van der Waals surface area contributed by atoms with Crippen molar-refractivity contribution in [3.63, 3.8) is 0 Å². The highest BCUT2D eigenvalue weighted by molar-refractivity contribution is 5.87. The zero-order valence-electron chi connectivity index (χ0n) is 13.8. The van der Waals surface area contributed by atoms with Gasteiger partial charge in [0.05, 0.1) is 11.6 Å². The zero-order valence-corrected chi connectivity index (χ0v) is 13.8. The van der Waals surface area contributed by atoms with Crippen molar-refractivity contribution in [1.29, 1.82) is 5.26 Å². The second-order valence-electron chi connectivity index (χ2n) is 6.33. The van der Waals surface area contributed by atoms with Crippen LogP contribution in [0, 0.1) is 17.2 Å². The number of carbonyl (C=O) groups is 2. The predicted molar refractivity (Wildman–Crippen MR) is 88.1 cm³/mol. The number of rotatable bonds is 2. The van der Waals surface area contributed by atoms with E-state index in [1.165, 1.54) is 0 Å². The van der Waals surface area contributed by atoms with Gasteiger partial charge in [-0.15, -0.1) is 0 Å². The molecule has 2 aliphatic rings. The van der Waals surface area contributed by atoms with Crippen LogP contribution >= 0.6 is 0 Å². The van der Waals surface area contributed by atoms with Crippen LogP contribution < -0.4 is 4.90 Å². The highest BCUT2D eigenvalue weighted by Crippen LogP contribution is 2.21. The summed E-state index contributed by atoms with van der Waals surface area (Å²) < 4.78 is 0. The number of aromatic nitrogens is 1. The minimum Gasteiger partial charge on any atom is -0.353 e. The maximum absolute atomic E-state index is 12.6. The lowest BCUT2D eigenvalue weighted by molar-refractivity contribution is -0.144. The third kappa shape index (κ3) is 3.32. The standard InChI is InChI=1S/C17H21N5O2/c1-20-5-3-14(11-16(20)23)17(24)22-8-6-21(7-9-22)15-10-13(12-18)2-4-19-15/h2,4,10,14H,3,5-9,11H2,1H3. The Bertz CT molecular complexity index is 676. The fraction of sp³-hybridized carbons (Fsp3) is 0.529. The van der Waals surface area contributed by atoms with E-state index in [1.54, 1.807) is 30.3 Å². The SMILES string of the molecule is CN1CCC(C(=O)N2CCN(c3cc(C#N)ccn3)CC2)CC1=O. The number of anilines is 1. The normalized spacial score (nSPS) is 21.6. The Kier molecular flexibility index (Phi) is 4.65. The largest absolute Gasteiger partial charge is 0.353 e. The van der Waals surface area contributed by atoms with E-state index in [0.717, 1.165) is 12.2 Å². The van der Waals surface area contributed by atoms with E-state index in [-0.39, 0.29) is 17.7 Å². The van der Waals surface area contributed by atoms with Crippen LogP contribution in [0.5, 0.6) is 0 Å². The van der Waals surface area contributed by atoms with Crippen molar-refractivity contribution in [2.75, 3.05) is 44.7 Å². The molecule has 24 heavy (non-hydrogen) atoms. The summed E-state index contributed by atoms with van der Waals surface area (Å²) >= 11 is 0. The van der Waals surface area contributed by atoms with Crippen LogP contribution in [-0.2, 0) is 9.59 Å². The number of hydrogen-bond donors (Lipinski definition) is 0. The summed E-state index contributed by atoms with van der Waals surface area (Å²) in [5.41, 5.74) is 0.586. The second kappa shape index (κ2) is 6.87. The molecular formula is C17H21N5O2. The summed E-state index contributed by atoms with van der Waals surface area (Å²) in [6.45, 7) is 3.28. The van der Waals surface area contributed by atoms with E-state index in [1.807, 2.05) is 4.90 Å². The van der Waals surface area contributed by atoms with Gasteiger partial charge in [-0.25, -0.2) is 4.98 Å². The van der Waals surface area contributed by atoms with Gasteiger partial charge in [0.15, 0.2) is 0 Å². The third-order valence-electron chi connectivity index (χ3n) is 4.80.